The van der Waals surface area contributed by atoms with Crippen LogP contribution in [0.4, 0.5) is 0 Å². The van der Waals surface area contributed by atoms with Crippen molar-refractivity contribution < 1.29 is 97.2 Å². The van der Waals surface area contributed by atoms with E-state index in [4.69, 9.17) is 34.3 Å². The van der Waals surface area contributed by atoms with E-state index in [1.54, 1.807) is 6.92 Å². The first-order chi connectivity index (χ1) is 35.4. The fourth-order valence-electron chi connectivity index (χ4n) is 7.40. The Morgan fingerprint density at radius 2 is 1.19 bits per heavy atom. The summed E-state index contributed by atoms with van der Waals surface area (Å²) in [5, 5.41) is 59.2. The molecular weight excluding hydrogens is 999 g/mol. The summed E-state index contributed by atoms with van der Waals surface area (Å²) in [6.45, 7) is 2.34. The molecule has 25 nitrogen and oxygen atoms in total. The van der Waals surface area contributed by atoms with Crippen LogP contribution in [-0.4, -0.2) is 193 Å². The van der Waals surface area contributed by atoms with Crippen LogP contribution in [0.5, 0.6) is 0 Å². The molecule has 0 aromatic rings. The lowest BCUT2D eigenvalue weighted by atomic mass is 9.81. The molecule has 0 aromatic heterocycles. The number of rotatable bonds is 46. The lowest BCUT2D eigenvalue weighted by molar-refractivity contribution is -0.145. The van der Waals surface area contributed by atoms with Gasteiger partial charge in [-0.25, -0.2) is 9.59 Å². The zero-order valence-corrected chi connectivity index (χ0v) is 43.3. The molecule has 0 heterocycles. The van der Waals surface area contributed by atoms with E-state index in [2.05, 4.69) is 26.6 Å². The van der Waals surface area contributed by atoms with E-state index < -0.39 is 78.7 Å². The molecule has 1 aliphatic carbocycles. The summed E-state index contributed by atoms with van der Waals surface area (Å²) < 4.78 is 21.4. The molecule has 1 aliphatic rings. The molecule has 74 heavy (non-hydrogen) atoms. The SMILES string of the molecule is CC[C@@H](CSCC(=O)NCCCC[C@H](NC(=O)COCCOCCCC(=O)COCCOCCNC(=O)CC[C@H](NC(=O)C1CCC(CNC(=O)CCCC(=O)O)CC1)C(=O)O)C(=O)O)C(=O)C[C@@H](CO)C(=O)O. The Morgan fingerprint density at radius 1 is 0.568 bits per heavy atom. The van der Waals surface area contributed by atoms with E-state index in [1.807, 2.05) is 0 Å². The Morgan fingerprint density at radius 3 is 1.82 bits per heavy atom. The van der Waals surface area contributed by atoms with E-state index in [9.17, 15) is 63.0 Å². The maximum Gasteiger partial charge on any atom is 0.326 e. The molecule has 4 atom stereocenters. The number of carboxylic acids is 4. The van der Waals surface area contributed by atoms with Crippen LogP contribution >= 0.6 is 11.8 Å². The molecule has 26 heteroatoms. The van der Waals surface area contributed by atoms with Gasteiger partial charge in [0.05, 0.1) is 51.3 Å². The third-order valence-corrected chi connectivity index (χ3v) is 12.9. The highest BCUT2D eigenvalue weighted by molar-refractivity contribution is 7.99. The van der Waals surface area contributed by atoms with Gasteiger partial charge in [0.25, 0.3) is 0 Å². The van der Waals surface area contributed by atoms with Gasteiger partial charge in [-0.3, -0.25) is 43.2 Å². The fraction of sp³-hybridized carbons (Fsp3) is 0.771. The van der Waals surface area contributed by atoms with Crippen molar-refractivity contribution in [2.45, 2.75) is 122 Å². The average molecular weight is 1080 g/mol. The molecular formula is C48H79N5O20S. The highest BCUT2D eigenvalue weighted by Gasteiger charge is 2.30. The first-order valence-corrected chi connectivity index (χ1v) is 26.4. The van der Waals surface area contributed by atoms with E-state index in [0.717, 1.165) is 0 Å². The number of aliphatic hydroxyl groups excluding tert-OH is 1. The highest BCUT2D eigenvalue weighted by atomic mass is 32.2. The summed E-state index contributed by atoms with van der Waals surface area (Å²) in [5.41, 5.74) is 0. The molecule has 10 N–H and O–H groups in total. The van der Waals surface area contributed by atoms with E-state index >= 15 is 0 Å². The number of ketones is 2. The number of Topliss-reactive ketones (excluding diaryl/α,β-unsaturated/α-hetero) is 2. The Hall–Kier alpha value is -5.28. The molecule has 0 aromatic carbocycles. The molecule has 0 bridgehead atoms. The van der Waals surface area contributed by atoms with Crippen LogP contribution in [0.3, 0.4) is 0 Å². The summed E-state index contributed by atoms with van der Waals surface area (Å²) in [7, 11) is 0. The Bertz CT molecular complexity index is 1770. The number of nitrogens with one attached hydrogen (secondary N) is 5. The number of amides is 5. The smallest absolute Gasteiger partial charge is 0.326 e. The first kappa shape index (κ1) is 66.7. The molecule has 1 fully saturated rings. The van der Waals surface area contributed by atoms with Crippen molar-refractivity contribution in [3.63, 3.8) is 0 Å². The van der Waals surface area contributed by atoms with Gasteiger partial charge in [-0.05, 0) is 76.5 Å². The van der Waals surface area contributed by atoms with E-state index in [0.29, 0.717) is 63.7 Å². The van der Waals surface area contributed by atoms with Crippen LogP contribution in [0, 0.1) is 23.7 Å². The fourth-order valence-corrected chi connectivity index (χ4v) is 8.51. The number of carbonyl (C=O) groups excluding carboxylic acids is 7. The number of hydrogen-bond acceptors (Lipinski definition) is 17. The molecule has 422 valence electrons. The quantitative estimate of drug-likeness (QED) is 0.0367. The van der Waals surface area contributed by atoms with Crippen molar-refractivity contribution in [2.75, 3.05) is 90.6 Å². The number of thioether (sulfide) groups is 1. The van der Waals surface area contributed by atoms with E-state index in [1.165, 1.54) is 11.8 Å². The number of carbonyl (C=O) groups is 11. The summed E-state index contributed by atoms with van der Waals surface area (Å²) >= 11 is 1.23. The minimum atomic E-state index is -1.25. The Kier molecular flexibility index (Phi) is 37.0. The monoisotopic (exact) mass is 1080 g/mol. The molecule has 1 saturated carbocycles. The van der Waals surface area contributed by atoms with Gasteiger partial charge >= 0.3 is 23.9 Å². The third kappa shape index (κ3) is 33.5. The van der Waals surface area contributed by atoms with E-state index in [-0.39, 0.29) is 152 Å². The predicted molar refractivity (Wildman–Crippen MR) is 265 cm³/mol. The highest BCUT2D eigenvalue weighted by Crippen LogP contribution is 2.29. The maximum atomic E-state index is 12.8. The lowest BCUT2D eigenvalue weighted by Gasteiger charge is -2.28. The first-order valence-electron chi connectivity index (χ1n) is 25.2. The minimum absolute atomic E-state index is 0.0516. The zero-order chi connectivity index (χ0) is 55.1. The van der Waals surface area contributed by atoms with Crippen molar-refractivity contribution in [3.8, 4) is 0 Å². The van der Waals surface area contributed by atoms with Gasteiger partial charge in [0, 0.05) is 75.9 Å². The van der Waals surface area contributed by atoms with Crippen molar-refractivity contribution in [1.29, 1.82) is 0 Å². The Labute approximate surface area is 435 Å². The number of aliphatic carboxylic acids is 4. The second kappa shape index (κ2) is 41.0. The minimum Gasteiger partial charge on any atom is -0.481 e. The molecule has 1 rings (SSSR count). The average Bonchev–Trinajstić information content (AvgIpc) is 3.35. The molecule has 0 radical (unpaired) electrons. The normalized spacial score (nSPS) is 15.9. The standard InChI is InChI=1S/C48H79N5O20S/c1-2-33(39(56)25-35(27-54)46(64)65)30-74-31-43(60)49-17-4-3-8-37(47(66)67)52-42(59)29-73-24-21-70-19-6-7-36(55)28-72-23-22-71-20-18-50-41(58)16-15-38(48(68)69)53-45(63)34-13-11-32(12-14-34)26-51-40(57)9-5-10-44(61)62/h32-35,37-38,54H,2-31H2,1H3,(H,49,60)(H,50,58)(H,51,57)(H,52,59)(H,53,63)(H,61,62)(H,64,65)(H,66,67)(H,68,69)/t32?,33-,34?,35-,37-,38-/m0/s1. The number of hydrogen-bond donors (Lipinski definition) is 10. The summed E-state index contributed by atoms with van der Waals surface area (Å²) in [6, 6.07) is -2.40. The molecule has 5 amide bonds. The van der Waals surface area contributed by atoms with Crippen LogP contribution in [0.2, 0.25) is 0 Å². The third-order valence-electron chi connectivity index (χ3n) is 11.8. The Balaban J connectivity index is 2.06. The van der Waals surface area contributed by atoms with Gasteiger partial charge in [-0.1, -0.05) is 6.92 Å². The zero-order valence-electron chi connectivity index (χ0n) is 42.4. The summed E-state index contributed by atoms with van der Waals surface area (Å²) in [4.78, 5) is 131. The molecule has 0 spiro atoms. The van der Waals surface area contributed by atoms with Crippen LogP contribution < -0.4 is 26.6 Å². The van der Waals surface area contributed by atoms with Crippen molar-refractivity contribution in [1.82, 2.24) is 26.6 Å². The summed E-state index contributed by atoms with van der Waals surface area (Å²) in [5.74, 6) is -8.47. The van der Waals surface area contributed by atoms with Crippen LogP contribution in [-0.2, 0) is 71.7 Å². The van der Waals surface area contributed by atoms with Crippen molar-refractivity contribution in [3.05, 3.63) is 0 Å². The summed E-state index contributed by atoms with van der Waals surface area (Å²) in [6.07, 6.45) is 4.19. The molecule has 0 aliphatic heterocycles. The van der Waals surface area contributed by atoms with Gasteiger partial charge < -0.3 is 71.1 Å². The van der Waals surface area contributed by atoms with Crippen LogP contribution in [0.15, 0.2) is 0 Å². The van der Waals surface area contributed by atoms with Gasteiger partial charge in [-0.2, -0.15) is 11.8 Å². The van der Waals surface area contributed by atoms with Gasteiger partial charge in [0.15, 0.2) is 5.78 Å². The number of carboxylic acid groups (broad SMARTS) is 4. The van der Waals surface area contributed by atoms with Crippen molar-refractivity contribution in [2.24, 2.45) is 23.7 Å². The second-order valence-electron chi connectivity index (χ2n) is 17.8. The number of ether oxygens (including phenoxy) is 4. The van der Waals surface area contributed by atoms with Gasteiger partial charge in [0.2, 0.25) is 29.5 Å². The van der Waals surface area contributed by atoms with Gasteiger partial charge in [-0.15, -0.1) is 0 Å². The predicted octanol–water partition coefficient (Wildman–Crippen LogP) is 0.313. The number of aliphatic hydroxyl groups is 1. The lowest BCUT2D eigenvalue weighted by Crippen LogP contribution is -2.45. The topological polar surface area (TPSA) is 386 Å². The maximum absolute atomic E-state index is 12.8. The largest absolute Gasteiger partial charge is 0.481 e. The van der Waals surface area contributed by atoms with Crippen LogP contribution in [0.25, 0.3) is 0 Å². The molecule has 0 saturated heterocycles. The number of unbranched alkanes of at least 4 members (excludes halogenated alkanes) is 1. The molecule has 0 unspecified atom stereocenters. The van der Waals surface area contributed by atoms with Crippen molar-refractivity contribution >= 4 is 76.7 Å². The van der Waals surface area contributed by atoms with Gasteiger partial charge in [0.1, 0.15) is 31.1 Å². The second-order valence-corrected chi connectivity index (χ2v) is 18.9. The van der Waals surface area contributed by atoms with Crippen LogP contribution in [0.1, 0.15) is 110 Å².